The van der Waals surface area contributed by atoms with E-state index in [0.717, 1.165) is 25.1 Å². The van der Waals surface area contributed by atoms with Crippen molar-refractivity contribution in [3.8, 4) is 0 Å². The quantitative estimate of drug-likeness (QED) is 0.774. The molecular weight excluding hydrogens is 376 g/mol. The van der Waals surface area contributed by atoms with Gasteiger partial charge in [-0.2, -0.15) is 0 Å². The van der Waals surface area contributed by atoms with Gasteiger partial charge in [0.05, 0.1) is 16.6 Å². The Morgan fingerprint density at radius 2 is 2.00 bits per heavy atom. The van der Waals surface area contributed by atoms with Gasteiger partial charge in [0.25, 0.3) is 0 Å². The minimum Gasteiger partial charge on any atom is -0.325 e. The average molecular weight is 401 g/mol. The molecule has 7 heteroatoms. The first-order valence-electron chi connectivity index (χ1n) is 9.52. The summed E-state index contributed by atoms with van der Waals surface area (Å²) >= 11 is 6.07. The lowest BCUT2D eigenvalue weighted by atomic mass is 9.97. The Labute approximate surface area is 170 Å². The van der Waals surface area contributed by atoms with Crippen molar-refractivity contribution in [2.75, 3.05) is 30.3 Å². The number of carbonyl (C=O) groups is 2. The molecule has 28 heavy (non-hydrogen) atoms. The number of benzene rings is 1. The molecule has 2 heterocycles. The Morgan fingerprint density at radius 3 is 2.79 bits per heavy atom. The standard InChI is InChI=1S/C21H25ClN4O2/c1-15-6-4-10-19(23-15)25-21(28)16-7-5-12-26(14-16)13-11-20(27)24-18-9-3-2-8-17(18)22/h2-4,6,8-10,16H,5,7,11-14H2,1H3,(H,24,27)(H,23,25,28). The van der Waals surface area contributed by atoms with Gasteiger partial charge in [-0.3, -0.25) is 9.59 Å². The average Bonchev–Trinajstić information content (AvgIpc) is 2.68. The van der Waals surface area contributed by atoms with Crippen LogP contribution >= 0.6 is 11.6 Å². The number of amides is 2. The van der Waals surface area contributed by atoms with E-state index in [9.17, 15) is 9.59 Å². The lowest BCUT2D eigenvalue weighted by Crippen LogP contribution is -2.41. The number of pyridine rings is 1. The lowest BCUT2D eigenvalue weighted by molar-refractivity contribution is -0.121. The van der Waals surface area contributed by atoms with E-state index >= 15 is 0 Å². The van der Waals surface area contributed by atoms with Crippen molar-refractivity contribution in [2.24, 2.45) is 5.92 Å². The number of anilines is 2. The minimum atomic E-state index is -0.0947. The first kappa shape index (κ1) is 20.3. The molecule has 2 aromatic rings. The number of piperidine rings is 1. The number of nitrogens with zero attached hydrogens (tertiary/aromatic N) is 2. The molecular formula is C21H25ClN4O2. The molecule has 1 aromatic heterocycles. The van der Waals surface area contributed by atoms with E-state index in [1.807, 2.05) is 31.2 Å². The van der Waals surface area contributed by atoms with E-state index in [4.69, 9.17) is 11.6 Å². The summed E-state index contributed by atoms with van der Waals surface area (Å²) < 4.78 is 0. The Kier molecular flexibility index (Phi) is 7.01. The van der Waals surface area contributed by atoms with Gasteiger partial charge in [0.1, 0.15) is 5.82 Å². The molecule has 6 nitrogen and oxygen atoms in total. The van der Waals surface area contributed by atoms with Gasteiger partial charge in [0.15, 0.2) is 0 Å². The first-order valence-corrected chi connectivity index (χ1v) is 9.90. The Morgan fingerprint density at radius 1 is 1.18 bits per heavy atom. The molecule has 2 N–H and O–H groups in total. The highest BCUT2D eigenvalue weighted by molar-refractivity contribution is 6.33. The third-order valence-corrected chi connectivity index (χ3v) is 5.15. The van der Waals surface area contributed by atoms with Crippen molar-refractivity contribution in [1.82, 2.24) is 9.88 Å². The molecule has 148 valence electrons. The third-order valence-electron chi connectivity index (χ3n) is 4.82. The van der Waals surface area contributed by atoms with Crippen molar-refractivity contribution in [1.29, 1.82) is 0 Å². The first-order chi connectivity index (χ1) is 13.5. The number of hydrogen-bond donors (Lipinski definition) is 2. The number of likely N-dealkylation sites (tertiary alicyclic amines) is 1. The van der Waals surface area contributed by atoms with Crippen molar-refractivity contribution >= 4 is 34.9 Å². The molecule has 2 amide bonds. The largest absolute Gasteiger partial charge is 0.325 e. The van der Waals surface area contributed by atoms with E-state index in [2.05, 4.69) is 20.5 Å². The second kappa shape index (κ2) is 9.66. The maximum absolute atomic E-state index is 12.6. The monoisotopic (exact) mass is 400 g/mol. The summed E-state index contributed by atoms with van der Waals surface area (Å²) in [6.07, 6.45) is 2.14. The number of aryl methyl sites for hydroxylation is 1. The highest BCUT2D eigenvalue weighted by Gasteiger charge is 2.26. The molecule has 1 atom stereocenters. The zero-order valence-electron chi connectivity index (χ0n) is 16.0. The number of carbonyl (C=O) groups excluding carboxylic acids is 2. The molecule has 1 aliphatic heterocycles. The van der Waals surface area contributed by atoms with Crippen molar-refractivity contribution < 1.29 is 9.59 Å². The highest BCUT2D eigenvalue weighted by atomic mass is 35.5. The van der Waals surface area contributed by atoms with Crippen LogP contribution in [-0.4, -0.2) is 41.3 Å². The zero-order valence-corrected chi connectivity index (χ0v) is 16.7. The van der Waals surface area contributed by atoms with Crippen LogP contribution in [0.1, 0.15) is 25.0 Å². The van der Waals surface area contributed by atoms with Gasteiger partial charge in [-0.1, -0.05) is 29.8 Å². The normalized spacial score (nSPS) is 17.1. The number of nitrogens with one attached hydrogen (secondary N) is 2. The van der Waals surface area contributed by atoms with Gasteiger partial charge in [-0.05, 0) is 50.6 Å². The predicted octanol–water partition coefficient (Wildman–Crippen LogP) is 3.72. The third kappa shape index (κ3) is 5.78. The molecule has 0 radical (unpaired) electrons. The van der Waals surface area contributed by atoms with Crippen LogP contribution in [0.2, 0.25) is 5.02 Å². The van der Waals surface area contributed by atoms with Crippen LogP contribution in [0.25, 0.3) is 0 Å². The molecule has 1 aromatic carbocycles. The molecule has 1 fully saturated rings. The molecule has 1 unspecified atom stereocenters. The highest BCUT2D eigenvalue weighted by Crippen LogP contribution is 2.21. The summed E-state index contributed by atoms with van der Waals surface area (Å²) in [4.78, 5) is 31.3. The van der Waals surface area contributed by atoms with Crippen molar-refractivity contribution in [3.63, 3.8) is 0 Å². The topological polar surface area (TPSA) is 74.3 Å². The molecule has 1 aliphatic rings. The fourth-order valence-electron chi connectivity index (χ4n) is 3.35. The molecule has 0 aliphatic carbocycles. The van der Waals surface area contributed by atoms with Gasteiger partial charge in [0.2, 0.25) is 11.8 Å². The molecule has 0 bridgehead atoms. The van der Waals surface area contributed by atoms with Crippen molar-refractivity contribution in [3.05, 3.63) is 53.2 Å². The second-order valence-corrected chi connectivity index (χ2v) is 7.48. The Hall–Kier alpha value is -2.44. The van der Waals surface area contributed by atoms with Crippen LogP contribution < -0.4 is 10.6 Å². The minimum absolute atomic E-state index is 0.0108. The van der Waals surface area contributed by atoms with Crippen LogP contribution in [0.15, 0.2) is 42.5 Å². The number of para-hydroxylation sites is 1. The fourth-order valence-corrected chi connectivity index (χ4v) is 3.53. The van der Waals surface area contributed by atoms with Gasteiger partial charge in [0, 0.05) is 25.2 Å². The fraction of sp³-hybridized carbons (Fsp3) is 0.381. The smallest absolute Gasteiger partial charge is 0.229 e. The lowest BCUT2D eigenvalue weighted by Gasteiger charge is -2.31. The van der Waals surface area contributed by atoms with Crippen LogP contribution in [0.5, 0.6) is 0 Å². The molecule has 0 saturated carbocycles. The molecule has 0 spiro atoms. The number of hydrogen-bond acceptors (Lipinski definition) is 4. The summed E-state index contributed by atoms with van der Waals surface area (Å²) in [6, 6.07) is 12.7. The predicted molar refractivity (Wildman–Crippen MR) is 111 cm³/mol. The summed E-state index contributed by atoms with van der Waals surface area (Å²) in [5, 5.41) is 6.27. The number of rotatable bonds is 6. The summed E-state index contributed by atoms with van der Waals surface area (Å²) in [6.45, 7) is 4.05. The van der Waals surface area contributed by atoms with Crippen LogP contribution in [-0.2, 0) is 9.59 Å². The Bertz CT molecular complexity index is 843. The second-order valence-electron chi connectivity index (χ2n) is 7.07. The summed E-state index contributed by atoms with van der Waals surface area (Å²) in [7, 11) is 0. The summed E-state index contributed by atoms with van der Waals surface area (Å²) in [5.74, 6) is 0.399. The molecule has 1 saturated heterocycles. The van der Waals surface area contributed by atoms with Crippen LogP contribution in [0.4, 0.5) is 11.5 Å². The summed E-state index contributed by atoms with van der Waals surface area (Å²) in [5.41, 5.74) is 1.49. The SMILES string of the molecule is Cc1cccc(NC(=O)C2CCCN(CCC(=O)Nc3ccccc3Cl)C2)n1. The Balaban J connectivity index is 1.47. The van der Waals surface area contributed by atoms with Gasteiger partial charge < -0.3 is 15.5 Å². The van der Waals surface area contributed by atoms with Crippen LogP contribution in [0.3, 0.4) is 0 Å². The van der Waals surface area contributed by atoms with Crippen LogP contribution in [0, 0.1) is 12.8 Å². The van der Waals surface area contributed by atoms with Gasteiger partial charge in [-0.15, -0.1) is 0 Å². The van der Waals surface area contributed by atoms with E-state index in [-0.39, 0.29) is 17.7 Å². The zero-order chi connectivity index (χ0) is 19.9. The van der Waals surface area contributed by atoms with Gasteiger partial charge >= 0.3 is 0 Å². The maximum Gasteiger partial charge on any atom is 0.229 e. The van der Waals surface area contributed by atoms with E-state index in [1.54, 1.807) is 18.2 Å². The maximum atomic E-state index is 12.6. The van der Waals surface area contributed by atoms with E-state index in [0.29, 0.717) is 36.0 Å². The number of aromatic nitrogens is 1. The van der Waals surface area contributed by atoms with E-state index < -0.39 is 0 Å². The molecule has 3 rings (SSSR count). The van der Waals surface area contributed by atoms with E-state index in [1.165, 1.54) is 0 Å². The van der Waals surface area contributed by atoms with Gasteiger partial charge in [-0.25, -0.2) is 4.98 Å². The van der Waals surface area contributed by atoms with Crippen molar-refractivity contribution in [2.45, 2.75) is 26.2 Å². The number of halogens is 1.